The fraction of sp³-hybridized carbons (Fsp3) is 0.571. The van der Waals surface area contributed by atoms with Gasteiger partial charge in [-0.2, -0.15) is 5.26 Å². The molecule has 1 aliphatic carbocycles. The van der Waals surface area contributed by atoms with Gasteiger partial charge in [-0.1, -0.05) is 6.08 Å². The summed E-state index contributed by atoms with van der Waals surface area (Å²) in [5.41, 5.74) is 0. The number of allylic oxidation sites excluding steroid dienone is 2. The maximum atomic E-state index is 8.44. The van der Waals surface area contributed by atoms with Gasteiger partial charge >= 0.3 is 0 Å². The van der Waals surface area contributed by atoms with E-state index in [0.717, 1.165) is 12.2 Å². The topological polar surface area (TPSA) is 44.0 Å². The number of hydrogen-bond acceptors (Lipinski definition) is 3. The second-order valence-corrected chi connectivity index (χ2v) is 3.37. The average molecular weight is 155 g/mol. The van der Waals surface area contributed by atoms with Gasteiger partial charge in [-0.15, -0.1) is 11.8 Å². The molecule has 0 fully saturated rings. The summed E-state index contributed by atoms with van der Waals surface area (Å²) < 4.78 is 0. The van der Waals surface area contributed by atoms with E-state index in [9.17, 15) is 0 Å². The third kappa shape index (κ3) is 1.76. The number of thioether (sulfide) groups is 1. The van der Waals surface area contributed by atoms with Crippen molar-refractivity contribution in [3.8, 4) is 6.07 Å². The monoisotopic (exact) mass is 155 g/mol. The van der Waals surface area contributed by atoms with Crippen molar-refractivity contribution in [2.24, 2.45) is 5.92 Å². The minimum Gasteiger partial charge on any atom is -0.396 e. The molecule has 54 valence electrons. The lowest BCUT2D eigenvalue weighted by atomic mass is 9.97. The molecule has 0 amide bonds. The van der Waals surface area contributed by atoms with Gasteiger partial charge in [0.15, 0.2) is 0 Å². The van der Waals surface area contributed by atoms with Gasteiger partial charge in [-0.3, -0.25) is 0 Å². The van der Waals surface area contributed by atoms with Crippen LogP contribution >= 0.6 is 11.8 Å². The molecule has 0 aromatic carbocycles. The first-order valence-electron chi connectivity index (χ1n) is 3.21. The van der Waals surface area contributed by atoms with Crippen LogP contribution < -0.4 is 0 Å². The molecular weight excluding hydrogens is 146 g/mol. The maximum absolute atomic E-state index is 8.44. The van der Waals surface area contributed by atoms with E-state index in [4.69, 9.17) is 10.4 Å². The van der Waals surface area contributed by atoms with Crippen molar-refractivity contribution in [1.82, 2.24) is 0 Å². The Hall–Kier alpha value is -0.460. The smallest absolute Gasteiger partial charge is 0.0701 e. The van der Waals surface area contributed by atoms with Crippen molar-refractivity contribution in [2.75, 3.05) is 12.4 Å². The van der Waals surface area contributed by atoms with E-state index >= 15 is 0 Å². The molecule has 1 unspecified atom stereocenters. The summed E-state index contributed by atoms with van der Waals surface area (Å²) in [6.45, 7) is 0.221. The minimum absolute atomic E-state index is 0.140. The van der Waals surface area contributed by atoms with Gasteiger partial charge in [-0.25, -0.2) is 0 Å². The Morgan fingerprint density at radius 1 is 1.90 bits per heavy atom. The fourth-order valence-electron chi connectivity index (χ4n) is 0.774. The Kier molecular flexibility index (Phi) is 2.79. The van der Waals surface area contributed by atoms with Crippen LogP contribution in [0.15, 0.2) is 11.0 Å². The maximum Gasteiger partial charge on any atom is 0.0701 e. The van der Waals surface area contributed by atoms with Crippen LogP contribution in [0.1, 0.15) is 6.42 Å². The average Bonchev–Trinajstić information content (AvgIpc) is 1.86. The van der Waals surface area contributed by atoms with Gasteiger partial charge in [-0.05, 0) is 11.3 Å². The standard InChI is InChI=1S/C7H9NOS/c8-5-6-3-7(4-6)10-2-1-9/h3,6,9H,1-2,4H2. The molecule has 0 aromatic rings. The summed E-state index contributed by atoms with van der Waals surface area (Å²) in [7, 11) is 0. The molecule has 0 saturated carbocycles. The van der Waals surface area contributed by atoms with Crippen LogP contribution in [0.5, 0.6) is 0 Å². The van der Waals surface area contributed by atoms with Crippen LogP contribution in [0.25, 0.3) is 0 Å². The molecule has 0 aromatic heterocycles. The number of aliphatic hydroxyl groups is 1. The first-order chi connectivity index (χ1) is 4.86. The van der Waals surface area contributed by atoms with Crippen LogP contribution in [-0.2, 0) is 0 Å². The summed E-state index contributed by atoms with van der Waals surface area (Å²) in [5.74, 6) is 0.894. The molecule has 0 heterocycles. The summed E-state index contributed by atoms with van der Waals surface area (Å²) in [5, 5.41) is 16.8. The molecule has 1 rings (SSSR count). The van der Waals surface area contributed by atoms with Crippen LogP contribution in [-0.4, -0.2) is 17.5 Å². The molecule has 0 radical (unpaired) electrons. The summed E-state index contributed by atoms with van der Waals surface area (Å²) in [6.07, 6.45) is 2.85. The number of nitriles is 1. The first-order valence-corrected chi connectivity index (χ1v) is 4.19. The Morgan fingerprint density at radius 2 is 2.60 bits per heavy atom. The highest BCUT2D eigenvalue weighted by molar-refractivity contribution is 8.03. The largest absolute Gasteiger partial charge is 0.396 e. The van der Waals surface area contributed by atoms with E-state index < -0.39 is 0 Å². The predicted molar refractivity (Wildman–Crippen MR) is 41.3 cm³/mol. The third-order valence-corrected chi connectivity index (χ3v) is 2.41. The molecule has 3 heteroatoms. The lowest BCUT2D eigenvalue weighted by Crippen LogP contribution is -2.05. The van der Waals surface area contributed by atoms with Crippen molar-refractivity contribution >= 4 is 11.8 Å². The van der Waals surface area contributed by atoms with Gasteiger partial charge in [0.05, 0.1) is 18.6 Å². The lowest BCUT2D eigenvalue weighted by Gasteiger charge is -2.17. The number of rotatable bonds is 3. The summed E-state index contributed by atoms with van der Waals surface area (Å²) in [4.78, 5) is 1.25. The lowest BCUT2D eigenvalue weighted by molar-refractivity contribution is 0.322. The van der Waals surface area contributed by atoms with E-state index in [1.165, 1.54) is 4.91 Å². The van der Waals surface area contributed by atoms with E-state index in [-0.39, 0.29) is 12.5 Å². The highest BCUT2D eigenvalue weighted by atomic mass is 32.2. The molecular formula is C7H9NOS. The summed E-state index contributed by atoms with van der Waals surface area (Å²) in [6, 6.07) is 2.16. The minimum atomic E-state index is 0.140. The predicted octanol–water partition coefficient (Wildman–Crippen LogP) is 1.14. The Labute approximate surface area is 64.5 Å². The van der Waals surface area contributed by atoms with Gasteiger partial charge in [0, 0.05) is 5.75 Å². The van der Waals surface area contributed by atoms with Crippen molar-refractivity contribution in [2.45, 2.75) is 6.42 Å². The van der Waals surface area contributed by atoms with E-state index in [2.05, 4.69) is 6.07 Å². The van der Waals surface area contributed by atoms with Gasteiger partial charge in [0.2, 0.25) is 0 Å². The van der Waals surface area contributed by atoms with E-state index in [1.54, 1.807) is 11.8 Å². The number of nitrogens with zero attached hydrogens (tertiary/aromatic N) is 1. The Balaban J connectivity index is 2.18. The van der Waals surface area contributed by atoms with Gasteiger partial charge < -0.3 is 5.11 Å². The molecule has 10 heavy (non-hydrogen) atoms. The Bertz CT molecular complexity index is 183. The molecule has 0 spiro atoms. The zero-order valence-electron chi connectivity index (χ0n) is 5.58. The van der Waals surface area contributed by atoms with Crippen molar-refractivity contribution in [1.29, 1.82) is 5.26 Å². The third-order valence-electron chi connectivity index (χ3n) is 1.35. The molecule has 0 bridgehead atoms. The van der Waals surface area contributed by atoms with Crippen molar-refractivity contribution < 1.29 is 5.11 Å². The molecule has 0 saturated heterocycles. The SMILES string of the molecule is N#CC1C=C(SCCO)C1. The molecule has 1 atom stereocenters. The number of hydrogen-bond donors (Lipinski definition) is 1. The second-order valence-electron chi connectivity index (χ2n) is 2.14. The second kappa shape index (κ2) is 3.65. The first kappa shape index (κ1) is 7.64. The molecule has 1 aliphatic rings. The van der Waals surface area contributed by atoms with Crippen LogP contribution in [0.4, 0.5) is 0 Å². The zero-order valence-corrected chi connectivity index (χ0v) is 6.40. The van der Waals surface area contributed by atoms with Crippen molar-refractivity contribution in [3.63, 3.8) is 0 Å². The Morgan fingerprint density at radius 3 is 3.10 bits per heavy atom. The normalized spacial score (nSPS) is 22.8. The summed E-state index contributed by atoms with van der Waals surface area (Å²) >= 11 is 1.64. The molecule has 1 N–H and O–H groups in total. The van der Waals surface area contributed by atoms with Crippen LogP contribution in [0.3, 0.4) is 0 Å². The quantitative estimate of drug-likeness (QED) is 0.664. The van der Waals surface area contributed by atoms with Crippen LogP contribution in [0, 0.1) is 17.2 Å². The molecule has 0 aliphatic heterocycles. The van der Waals surface area contributed by atoms with Gasteiger partial charge in [0.25, 0.3) is 0 Å². The van der Waals surface area contributed by atoms with Crippen molar-refractivity contribution in [3.05, 3.63) is 11.0 Å². The van der Waals surface area contributed by atoms with E-state index in [0.29, 0.717) is 0 Å². The van der Waals surface area contributed by atoms with Crippen LogP contribution in [0.2, 0.25) is 0 Å². The molecule has 2 nitrogen and oxygen atoms in total. The fourth-order valence-corrected chi connectivity index (χ4v) is 1.69. The van der Waals surface area contributed by atoms with E-state index in [1.807, 2.05) is 6.08 Å². The number of aliphatic hydroxyl groups excluding tert-OH is 1. The van der Waals surface area contributed by atoms with Gasteiger partial charge in [0.1, 0.15) is 0 Å². The zero-order chi connectivity index (χ0) is 7.40. The highest BCUT2D eigenvalue weighted by Gasteiger charge is 2.17. The highest BCUT2D eigenvalue weighted by Crippen LogP contribution is 2.33.